The summed E-state index contributed by atoms with van der Waals surface area (Å²) in [4.78, 5) is 20.1. The summed E-state index contributed by atoms with van der Waals surface area (Å²) in [6, 6.07) is 9.59. The number of nitrogens with one attached hydrogen (secondary N) is 2. The highest BCUT2D eigenvalue weighted by molar-refractivity contribution is 6.12. The average Bonchev–Trinajstić information content (AvgIpc) is 2.94. The Labute approximate surface area is 128 Å². The first-order valence-corrected chi connectivity index (χ1v) is 7.67. The fraction of sp³-hybridized carbons (Fsp3) is 0.222. The van der Waals surface area contributed by atoms with Crippen LogP contribution in [0, 0.1) is 0 Å². The number of anilines is 1. The lowest BCUT2D eigenvalue weighted by molar-refractivity contribution is 0.102. The molecule has 110 valence electrons. The van der Waals surface area contributed by atoms with Crippen LogP contribution < -0.4 is 5.32 Å². The van der Waals surface area contributed by atoms with Crippen LogP contribution in [0.4, 0.5) is 5.69 Å². The van der Waals surface area contributed by atoms with Crippen molar-refractivity contribution >= 4 is 22.5 Å². The SMILES string of the molecule is O=C(Nc1cccnc1)c1cccc2c3c([nH]c12)CCCC3. The Morgan fingerprint density at radius 1 is 1.14 bits per heavy atom. The van der Waals surface area contributed by atoms with Gasteiger partial charge in [-0.25, -0.2) is 0 Å². The van der Waals surface area contributed by atoms with Crippen LogP contribution in [0.25, 0.3) is 10.9 Å². The van der Waals surface area contributed by atoms with Gasteiger partial charge in [0.2, 0.25) is 0 Å². The first-order chi connectivity index (χ1) is 10.8. The number of carbonyl (C=O) groups excluding carboxylic acids is 1. The predicted octanol–water partition coefficient (Wildman–Crippen LogP) is 3.69. The lowest BCUT2D eigenvalue weighted by atomic mass is 9.95. The molecule has 0 fully saturated rings. The van der Waals surface area contributed by atoms with Gasteiger partial charge in [-0.1, -0.05) is 12.1 Å². The van der Waals surface area contributed by atoms with E-state index in [1.807, 2.05) is 24.3 Å². The van der Waals surface area contributed by atoms with Crippen molar-refractivity contribution in [1.29, 1.82) is 0 Å². The third-order valence-corrected chi connectivity index (χ3v) is 4.30. The minimum atomic E-state index is -0.0998. The van der Waals surface area contributed by atoms with Gasteiger partial charge in [0.25, 0.3) is 5.91 Å². The first-order valence-electron chi connectivity index (χ1n) is 7.67. The molecular formula is C18H17N3O. The summed E-state index contributed by atoms with van der Waals surface area (Å²) in [5, 5.41) is 4.10. The molecule has 0 unspecified atom stereocenters. The number of hydrogen-bond acceptors (Lipinski definition) is 2. The first kappa shape index (κ1) is 13.1. The van der Waals surface area contributed by atoms with E-state index in [0.717, 1.165) is 18.4 Å². The molecule has 0 atom stereocenters. The molecule has 3 aromatic rings. The largest absolute Gasteiger partial charge is 0.358 e. The Hall–Kier alpha value is -2.62. The van der Waals surface area contributed by atoms with Crippen LogP contribution in [0.5, 0.6) is 0 Å². The molecule has 1 aromatic carbocycles. The van der Waals surface area contributed by atoms with Crippen LogP contribution >= 0.6 is 0 Å². The molecule has 0 saturated carbocycles. The number of aryl methyl sites for hydroxylation is 2. The predicted molar refractivity (Wildman–Crippen MR) is 87.1 cm³/mol. The second kappa shape index (κ2) is 5.30. The summed E-state index contributed by atoms with van der Waals surface area (Å²) in [7, 11) is 0. The van der Waals surface area contributed by atoms with Gasteiger partial charge in [-0.3, -0.25) is 9.78 Å². The van der Waals surface area contributed by atoms with E-state index in [1.54, 1.807) is 12.4 Å². The van der Waals surface area contributed by atoms with E-state index in [1.165, 1.54) is 29.5 Å². The Balaban J connectivity index is 1.75. The average molecular weight is 291 g/mol. The van der Waals surface area contributed by atoms with Gasteiger partial charge in [0.15, 0.2) is 0 Å². The number of nitrogens with zero attached hydrogens (tertiary/aromatic N) is 1. The van der Waals surface area contributed by atoms with Crippen LogP contribution in [0.1, 0.15) is 34.5 Å². The lowest BCUT2D eigenvalue weighted by Crippen LogP contribution is -2.12. The highest BCUT2D eigenvalue weighted by Gasteiger charge is 2.19. The topological polar surface area (TPSA) is 57.8 Å². The molecule has 0 spiro atoms. The van der Waals surface area contributed by atoms with Gasteiger partial charge < -0.3 is 10.3 Å². The van der Waals surface area contributed by atoms with E-state index in [9.17, 15) is 4.79 Å². The zero-order valence-electron chi connectivity index (χ0n) is 12.2. The quantitative estimate of drug-likeness (QED) is 0.756. The van der Waals surface area contributed by atoms with Crippen molar-refractivity contribution in [1.82, 2.24) is 9.97 Å². The molecule has 22 heavy (non-hydrogen) atoms. The van der Waals surface area contributed by atoms with E-state index in [-0.39, 0.29) is 5.91 Å². The summed E-state index contributed by atoms with van der Waals surface area (Å²) in [6.07, 6.45) is 7.97. The van der Waals surface area contributed by atoms with E-state index in [2.05, 4.69) is 21.4 Å². The maximum atomic E-state index is 12.6. The summed E-state index contributed by atoms with van der Waals surface area (Å²) < 4.78 is 0. The van der Waals surface area contributed by atoms with E-state index >= 15 is 0 Å². The lowest BCUT2D eigenvalue weighted by Gasteiger charge is -2.10. The Bertz CT molecular complexity index is 836. The maximum Gasteiger partial charge on any atom is 0.257 e. The number of fused-ring (bicyclic) bond motifs is 3. The summed E-state index contributed by atoms with van der Waals surface area (Å²) in [5.74, 6) is -0.0998. The number of aromatic amines is 1. The normalized spacial score (nSPS) is 13.8. The minimum Gasteiger partial charge on any atom is -0.358 e. The van der Waals surface area contributed by atoms with Crippen molar-refractivity contribution in [3.8, 4) is 0 Å². The maximum absolute atomic E-state index is 12.6. The van der Waals surface area contributed by atoms with Crippen LogP contribution in [0.15, 0.2) is 42.7 Å². The number of benzene rings is 1. The van der Waals surface area contributed by atoms with Gasteiger partial charge in [-0.15, -0.1) is 0 Å². The summed E-state index contributed by atoms with van der Waals surface area (Å²) >= 11 is 0. The molecule has 4 nitrogen and oxygen atoms in total. The standard InChI is InChI=1S/C18H17N3O/c22-18(20-12-5-4-10-19-11-12)15-8-3-7-14-13-6-1-2-9-16(13)21-17(14)15/h3-5,7-8,10-11,21H,1-2,6,9H2,(H,20,22). The van der Waals surface area contributed by atoms with Crippen molar-refractivity contribution < 1.29 is 4.79 Å². The molecule has 2 N–H and O–H groups in total. The smallest absolute Gasteiger partial charge is 0.257 e. The molecule has 0 bridgehead atoms. The van der Waals surface area contributed by atoms with Crippen LogP contribution in [0.2, 0.25) is 0 Å². The highest BCUT2D eigenvalue weighted by Crippen LogP contribution is 2.31. The number of rotatable bonds is 2. The van der Waals surface area contributed by atoms with Gasteiger partial charge in [-0.05, 0) is 49.4 Å². The monoisotopic (exact) mass is 291 g/mol. The van der Waals surface area contributed by atoms with Gasteiger partial charge in [0.05, 0.1) is 23.0 Å². The number of H-pyrrole nitrogens is 1. The molecule has 2 heterocycles. The van der Waals surface area contributed by atoms with Crippen molar-refractivity contribution in [2.45, 2.75) is 25.7 Å². The van der Waals surface area contributed by atoms with E-state index < -0.39 is 0 Å². The number of carbonyl (C=O) groups is 1. The zero-order chi connectivity index (χ0) is 14.9. The fourth-order valence-corrected chi connectivity index (χ4v) is 3.25. The molecule has 0 aliphatic heterocycles. The fourth-order valence-electron chi connectivity index (χ4n) is 3.25. The molecular weight excluding hydrogens is 274 g/mol. The van der Waals surface area contributed by atoms with Gasteiger partial charge in [0, 0.05) is 17.3 Å². The molecule has 1 amide bonds. The third-order valence-electron chi connectivity index (χ3n) is 4.30. The molecule has 1 aliphatic rings. The van der Waals surface area contributed by atoms with Gasteiger partial charge >= 0.3 is 0 Å². The van der Waals surface area contributed by atoms with Crippen molar-refractivity contribution in [2.24, 2.45) is 0 Å². The van der Waals surface area contributed by atoms with E-state index in [4.69, 9.17) is 0 Å². The Morgan fingerprint density at radius 2 is 2.05 bits per heavy atom. The number of amides is 1. The number of pyridine rings is 1. The second-order valence-corrected chi connectivity index (χ2v) is 5.71. The number of hydrogen-bond donors (Lipinski definition) is 2. The Morgan fingerprint density at radius 3 is 2.91 bits per heavy atom. The second-order valence-electron chi connectivity index (χ2n) is 5.71. The van der Waals surface area contributed by atoms with E-state index in [0.29, 0.717) is 11.3 Å². The zero-order valence-corrected chi connectivity index (χ0v) is 12.2. The highest BCUT2D eigenvalue weighted by atomic mass is 16.1. The molecule has 2 aromatic heterocycles. The summed E-state index contributed by atoms with van der Waals surface area (Å²) in [5.41, 5.74) is 5.03. The Kier molecular flexibility index (Phi) is 3.15. The van der Waals surface area contributed by atoms with Crippen molar-refractivity contribution in [3.05, 3.63) is 59.5 Å². The third kappa shape index (κ3) is 2.17. The minimum absolute atomic E-state index is 0.0998. The molecule has 1 aliphatic carbocycles. The summed E-state index contributed by atoms with van der Waals surface area (Å²) in [6.45, 7) is 0. The molecule has 0 radical (unpaired) electrons. The number of aromatic nitrogens is 2. The molecule has 4 rings (SSSR count). The van der Waals surface area contributed by atoms with Gasteiger partial charge in [-0.2, -0.15) is 0 Å². The van der Waals surface area contributed by atoms with Crippen molar-refractivity contribution in [2.75, 3.05) is 5.32 Å². The molecule has 0 saturated heterocycles. The van der Waals surface area contributed by atoms with Crippen LogP contribution in [-0.4, -0.2) is 15.9 Å². The van der Waals surface area contributed by atoms with Crippen LogP contribution in [-0.2, 0) is 12.8 Å². The van der Waals surface area contributed by atoms with Crippen LogP contribution in [0.3, 0.4) is 0 Å². The number of para-hydroxylation sites is 1. The van der Waals surface area contributed by atoms with Crippen molar-refractivity contribution in [3.63, 3.8) is 0 Å². The molecule has 4 heteroatoms. The van der Waals surface area contributed by atoms with Gasteiger partial charge in [0.1, 0.15) is 0 Å².